The van der Waals surface area contributed by atoms with Crippen molar-refractivity contribution in [2.45, 2.75) is 52.4 Å². The normalized spacial score (nSPS) is 9.00. The first-order valence-corrected chi connectivity index (χ1v) is 4.64. The molecule has 0 aliphatic heterocycles. The number of halogens is 1. The van der Waals surface area contributed by atoms with Gasteiger partial charge in [0.25, 0.3) is 0 Å². The molecule has 0 saturated carbocycles. The van der Waals surface area contributed by atoms with Crippen LogP contribution in [0.1, 0.15) is 52.4 Å². The van der Waals surface area contributed by atoms with Crippen LogP contribution in [0.5, 0.6) is 0 Å². The van der Waals surface area contributed by atoms with Crippen LogP contribution >= 0.6 is 0 Å². The van der Waals surface area contributed by atoms with Crippen LogP contribution in [0, 0.1) is 12.8 Å². The quantitative estimate of drug-likeness (QED) is 0.432. The molecule has 0 aliphatic carbocycles. The van der Waals surface area contributed by atoms with E-state index in [-0.39, 0.29) is 35.5 Å². The van der Waals surface area contributed by atoms with Gasteiger partial charge in [0.1, 0.15) is 0 Å². The molecule has 0 bridgehead atoms. The van der Waals surface area contributed by atoms with E-state index in [0.717, 1.165) is 12.3 Å². The molecule has 0 heterocycles. The summed E-state index contributed by atoms with van der Waals surface area (Å²) in [6, 6.07) is 0. The Hall–Kier alpha value is 1.06. The Labute approximate surface area is 100 Å². The average molecular weight is 201 g/mol. The summed E-state index contributed by atoms with van der Waals surface area (Å²) in [5.41, 5.74) is 0. The molecule has 0 aromatic rings. The minimum atomic E-state index is 0. The van der Waals surface area contributed by atoms with E-state index in [4.69, 9.17) is 0 Å². The van der Waals surface area contributed by atoms with Crippen molar-refractivity contribution in [3.8, 4) is 0 Å². The van der Waals surface area contributed by atoms with Crippen LogP contribution in [0.4, 0.5) is 0 Å². The predicted molar refractivity (Wildman–Crippen MR) is 53.7 cm³/mol. The minimum absolute atomic E-state index is 0. The smallest absolute Gasteiger partial charge is 1.00 e. The number of hydrogen-bond acceptors (Lipinski definition) is 0. The predicted octanol–water partition coefficient (Wildman–Crippen LogP) is 0.440. The van der Waals surface area contributed by atoms with E-state index in [1.807, 2.05) is 0 Å². The van der Waals surface area contributed by atoms with Gasteiger partial charge in [-0.3, -0.25) is 0 Å². The molecule has 0 nitrogen and oxygen atoms in total. The molecule has 0 spiro atoms. The number of hydrogen-bond donors (Lipinski definition) is 0. The minimum Gasteiger partial charge on any atom is -1.00 e. The third-order valence-corrected chi connectivity index (χ3v) is 2.01. The van der Waals surface area contributed by atoms with E-state index in [0.29, 0.717) is 0 Å². The van der Waals surface area contributed by atoms with Crippen molar-refractivity contribution in [2.75, 3.05) is 0 Å². The van der Waals surface area contributed by atoms with Crippen molar-refractivity contribution in [3.05, 3.63) is 6.92 Å². The summed E-state index contributed by atoms with van der Waals surface area (Å²) in [6.45, 7) is 8.43. The first-order valence-electron chi connectivity index (χ1n) is 4.64. The summed E-state index contributed by atoms with van der Waals surface area (Å²) < 4.78 is 0. The third kappa shape index (κ3) is 11.1. The monoisotopic (exact) mass is 200 g/mol. The molecule has 0 unspecified atom stereocenters. The van der Waals surface area contributed by atoms with E-state index >= 15 is 0 Å². The average Bonchev–Trinajstić information content (AvgIpc) is 1.90. The van der Waals surface area contributed by atoms with Crippen molar-refractivity contribution < 1.29 is 12.4 Å². The zero-order valence-electron chi connectivity index (χ0n) is 8.61. The van der Waals surface area contributed by atoms with Crippen molar-refractivity contribution in [1.82, 2.24) is 0 Å². The molecule has 0 radical (unpaired) electrons. The topological polar surface area (TPSA) is 0 Å². The molecule has 0 aromatic carbocycles. The summed E-state index contributed by atoms with van der Waals surface area (Å²) in [5, 5.41) is 0. The maximum absolute atomic E-state index is 3.89. The first kappa shape index (κ1) is 18.8. The summed E-state index contributed by atoms with van der Waals surface area (Å²) in [4.78, 5) is 0. The Kier molecular flexibility index (Phi) is 22.8. The van der Waals surface area contributed by atoms with Gasteiger partial charge in [-0.15, -0.1) is 0 Å². The summed E-state index contributed by atoms with van der Waals surface area (Å²) in [5.74, 6) is 0.965. The van der Waals surface area contributed by atoms with Gasteiger partial charge in [0, 0.05) is 0 Å². The third-order valence-electron chi connectivity index (χ3n) is 2.01. The molecular weight excluding hydrogens is 180 g/mol. The van der Waals surface area contributed by atoms with Gasteiger partial charge in [-0.2, -0.15) is 6.42 Å². The van der Waals surface area contributed by atoms with Crippen LogP contribution in [-0.4, -0.2) is 23.1 Å². The second kappa shape index (κ2) is 14.6. The van der Waals surface area contributed by atoms with Crippen molar-refractivity contribution in [2.24, 2.45) is 5.92 Å². The fourth-order valence-corrected chi connectivity index (χ4v) is 1.54. The summed E-state index contributed by atoms with van der Waals surface area (Å²) >= 11 is 0. The standard InChI is InChI=1S/C10H21.ClH.Mg/c1-4-7-10(8-5-2)9-6-3;;/h10H,1,4-9H2,2-3H3;1H;/q-1;;+2/p-1. The molecule has 2 heteroatoms. The van der Waals surface area contributed by atoms with E-state index < -0.39 is 0 Å². The second-order valence-corrected chi connectivity index (χ2v) is 3.09. The molecule has 0 aliphatic rings. The zero-order chi connectivity index (χ0) is 7.82. The maximum atomic E-state index is 3.89. The van der Waals surface area contributed by atoms with Gasteiger partial charge in [-0.1, -0.05) is 46.0 Å². The van der Waals surface area contributed by atoms with E-state index in [1.54, 1.807) is 0 Å². The Morgan fingerprint density at radius 3 is 1.67 bits per heavy atom. The maximum Gasteiger partial charge on any atom is 2.00 e. The van der Waals surface area contributed by atoms with Crippen LogP contribution in [0.2, 0.25) is 0 Å². The van der Waals surface area contributed by atoms with Gasteiger partial charge in [0.15, 0.2) is 0 Å². The fourth-order valence-electron chi connectivity index (χ4n) is 1.54. The van der Waals surface area contributed by atoms with Crippen LogP contribution < -0.4 is 12.4 Å². The summed E-state index contributed by atoms with van der Waals surface area (Å²) in [6.07, 6.45) is 7.94. The van der Waals surface area contributed by atoms with Gasteiger partial charge in [-0.25, -0.2) is 0 Å². The Balaban J connectivity index is -0.000000405. The molecule has 0 saturated heterocycles. The van der Waals surface area contributed by atoms with Gasteiger partial charge < -0.3 is 19.3 Å². The molecule has 70 valence electrons. The largest absolute Gasteiger partial charge is 2.00 e. The van der Waals surface area contributed by atoms with E-state index in [2.05, 4.69) is 20.8 Å². The van der Waals surface area contributed by atoms with E-state index in [1.165, 1.54) is 32.1 Å². The van der Waals surface area contributed by atoms with Gasteiger partial charge >= 0.3 is 23.1 Å². The van der Waals surface area contributed by atoms with Crippen LogP contribution in [0.25, 0.3) is 0 Å². The molecule has 0 fully saturated rings. The van der Waals surface area contributed by atoms with Gasteiger partial charge in [-0.05, 0) is 5.92 Å². The van der Waals surface area contributed by atoms with Crippen LogP contribution in [0.3, 0.4) is 0 Å². The first-order chi connectivity index (χ1) is 4.85. The molecular formula is C10H21ClMg. The Morgan fingerprint density at radius 2 is 1.42 bits per heavy atom. The fraction of sp³-hybridized carbons (Fsp3) is 0.900. The zero-order valence-corrected chi connectivity index (χ0v) is 10.8. The molecule has 0 atom stereocenters. The Bertz CT molecular complexity index is 52.6. The van der Waals surface area contributed by atoms with Crippen molar-refractivity contribution in [1.29, 1.82) is 0 Å². The molecule has 0 N–H and O–H groups in total. The van der Waals surface area contributed by atoms with Gasteiger partial charge in [0.05, 0.1) is 0 Å². The Morgan fingerprint density at radius 1 is 1.00 bits per heavy atom. The molecule has 0 amide bonds. The molecule has 0 aromatic heterocycles. The summed E-state index contributed by atoms with van der Waals surface area (Å²) in [7, 11) is 0. The van der Waals surface area contributed by atoms with Crippen molar-refractivity contribution >= 4 is 23.1 Å². The van der Waals surface area contributed by atoms with Crippen LogP contribution in [-0.2, 0) is 0 Å². The van der Waals surface area contributed by atoms with E-state index in [9.17, 15) is 0 Å². The van der Waals surface area contributed by atoms with Crippen molar-refractivity contribution in [3.63, 3.8) is 0 Å². The SMILES string of the molecule is [CH2-]CCC(CCC)CCC.[Cl-].[Mg+2]. The number of rotatable bonds is 6. The molecule has 0 rings (SSSR count). The van der Waals surface area contributed by atoms with Gasteiger partial charge in [0.2, 0.25) is 0 Å². The van der Waals surface area contributed by atoms with Crippen LogP contribution in [0.15, 0.2) is 0 Å². The molecule has 12 heavy (non-hydrogen) atoms. The second-order valence-electron chi connectivity index (χ2n) is 3.09.